The molecule has 3 rings (SSSR count). The molecular formula is C15H15FN2O. The van der Waals surface area contributed by atoms with Crippen LogP contribution in [0.1, 0.15) is 16.8 Å². The summed E-state index contributed by atoms with van der Waals surface area (Å²) in [5.74, 6) is 0.599. The molecule has 0 aliphatic carbocycles. The molecule has 0 saturated carbocycles. The quantitative estimate of drug-likeness (QED) is 0.846. The third-order valence-electron chi connectivity index (χ3n) is 3.36. The first kappa shape index (κ1) is 12.1. The number of pyridine rings is 1. The molecule has 2 aromatic rings. The van der Waals surface area contributed by atoms with Gasteiger partial charge in [0, 0.05) is 19.6 Å². The summed E-state index contributed by atoms with van der Waals surface area (Å²) in [6.45, 7) is 2.37. The lowest BCUT2D eigenvalue weighted by atomic mass is 10.2. The maximum Gasteiger partial charge on any atom is 0.141 e. The Bertz CT molecular complexity index is 583. The molecule has 0 unspecified atom stereocenters. The Morgan fingerprint density at radius 1 is 1.26 bits per heavy atom. The summed E-state index contributed by atoms with van der Waals surface area (Å²) in [6.07, 6.45) is 1.29. The molecule has 3 nitrogen and oxygen atoms in total. The van der Waals surface area contributed by atoms with Crippen LogP contribution < -0.4 is 4.74 Å². The van der Waals surface area contributed by atoms with Gasteiger partial charge < -0.3 is 4.74 Å². The second-order valence-corrected chi connectivity index (χ2v) is 4.75. The molecule has 98 valence electrons. The third-order valence-corrected chi connectivity index (χ3v) is 3.36. The minimum absolute atomic E-state index is 0.259. The van der Waals surface area contributed by atoms with Crippen molar-refractivity contribution in [3.05, 3.63) is 59.2 Å². The van der Waals surface area contributed by atoms with Gasteiger partial charge in [-0.2, -0.15) is 0 Å². The van der Waals surface area contributed by atoms with E-state index in [1.165, 1.54) is 11.8 Å². The molecule has 0 atom stereocenters. The van der Waals surface area contributed by atoms with E-state index in [9.17, 15) is 4.39 Å². The average molecular weight is 258 g/mol. The summed E-state index contributed by atoms with van der Waals surface area (Å²) >= 11 is 0. The number of benzene rings is 1. The van der Waals surface area contributed by atoms with Crippen LogP contribution in [0.5, 0.6) is 5.75 Å². The molecule has 0 saturated heterocycles. The first-order chi connectivity index (χ1) is 9.24. The normalized spacial score (nSPS) is 14.4. The van der Waals surface area contributed by atoms with Crippen molar-refractivity contribution in [3.63, 3.8) is 0 Å². The van der Waals surface area contributed by atoms with E-state index in [0.717, 1.165) is 36.6 Å². The second kappa shape index (κ2) is 4.97. The van der Waals surface area contributed by atoms with E-state index in [1.807, 2.05) is 12.1 Å². The Morgan fingerprint density at radius 2 is 2.05 bits per heavy atom. The minimum atomic E-state index is -0.259. The van der Waals surface area contributed by atoms with E-state index in [1.54, 1.807) is 13.2 Å². The van der Waals surface area contributed by atoms with Crippen molar-refractivity contribution < 1.29 is 9.13 Å². The molecule has 19 heavy (non-hydrogen) atoms. The third kappa shape index (κ3) is 2.58. The fraction of sp³-hybridized carbons (Fsp3) is 0.267. The summed E-state index contributed by atoms with van der Waals surface area (Å²) in [5, 5.41) is 0. The predicted octanol–water partition coefficient (Wildman–Crippen LogP) is 2.75. The van der Waals surface area contributed by atoms with Gasteiger partial charge >= 0.3 is 0 Å². The van der Waals surface area contributed by atoms with Crippen molar-refractivity contribution in [2.45, 2.75) is 19.6 Å². The highest BCUT2D eigenvalue weighted by atomic mass is 19.1. The molecule has 1 aliphatic heterocycles. The maximum atomic E-state index is 13.1. The Labute approximate surface area is 111 Å². The van der Waals surface area contributed by atoms with E-state index in [0.29, 0.717) is 0 Å². The second-order valence-electron chi connectivity index (χ2n) is 4.75. The van der Waals surface area contributed by atoms with Crippen molar-refractivity contribution in [2.75, 3.05) is 7.11 Å². The monoisotopic (exact) mass is 258 g/mol. The van der Waals surface area contributed by atoms with Gasteiger partial charge in [0.2, 0.25) is 0 Å². The summed E-state index contributed by atoms with van der Waals surface area (Å²) in [6, 6.07) is 9.59. The molecule has 2 heterocycles. The number of aromatic nitrogens is 1. The van der Waals surface area contributed by atoms with Crippen molar-refractivity contribution in [1.82, 2.24) is 9.88 Å². The van der Waals surface area contributed by atoms with Gasteiger partial charge in [-0.1, -0.05) is 12.1 Å². The van der Waals surface area contributed by atoms with Gasteiger partial charge in [-0.25, -0.2) is 4.39 Å². The van der Waals surface area contributed by atoms with Crippen LogP contribution in [0.4, 0.5) is 4.39 Å². The first-order valence-electron chi connectivity index (χ1n) is 6.23. The van der Waals surface area contributed by atoms with Crippen LogP contribution in [0.25, 0.3) is 0 Å². The molecular weight excluding hydrogens is 243 g/mol. The number of ether oxygens (including phenoxy) is 1. The fourth-order valence-electron chi connectivity index (χ4n) is 2.40. The molecule has 0 radical (unpaired) electrons. The zero-order valence-electron chi connectivity index (χ0n) is 10.8. The highest BCUT2D eigenvalue weighted by Gasteiger charge is 2.20. The zero-order valence-corrected chi connectivity index (χ0v) is 10.8. The Morgan fingerprint density at radius 3 is 2.79 bits per heavy atom. The van der Waals surface area contributed by atoms with Gasteiger partial charge in [0.05, 0.1) is 19.0 Å². The van der Waals surface area contributed by atoms with Crippen LogP contribution in [0.3, 0.4) is 0 Å². The summed E-state index contributed by atoms with van der Waals surface area (Å²) < 4.78 is 18.2. The van der Waals surface area contributed by atoms with Gasteiger partial charge in [-0.05, 0) is 29.3 Å². The van der Waals surface area contributed by atoms with Gasteiger partial charge in [0.15, 0.2) is 0 Å². The number of rotatable bonds is 3. The first-order valence-corrected chi connectivity index (χ1v) is 6.23. The number of hydrogen-bond acceptors (Lipinski definition) is 3. The number of hydrogen-bond donors (Lipinski definition) is 0. The largest absolute Gasteiger partial charge is 0.497 e. The lowest BCUT2D eigenvalue weighted by Crippen LogP contribution is -2.15. The van der Waals surface area contributed by atoms with Gasteiger partial charge in [0.25, 0.3) is 0 Å². The fourth-order valence-corrected chi connectivity index (χ4v) is 2.40. The number of fused-ring (bicyclic) bond motifs is 1. The topological polar surface area (TPSA) is 25.4 Å². The Hall–Kier alpha value is -1.94. The van der Waals surface area contributed by atoms with Gasteiger partial charge in [-0.3, -0.25) is 9.88 Å². The highest BCUT2D eigenvalue weighted by molar-refractivity contribution is 5.28. The Kier molecular flexibility index (Phi) is 3.17. The molecule has 0 amide bonds. The number of nitrogens with zero attached hydrogens (tertiary/aromatic N) is 2. The number of methoxy groups -OCH3 is 1. The van der Waals surface area contributed by atoms with Gasteiger partial charge in [0.1, 0.15) is 11.6 Å². The van der Waals surface area contributed by atoms with Crippen molar-refractivity contribution in [2.24, 2.45) is 0 Å². The van der Waals surface area contributed by atoms with Crippen LogP contribution in [0, 0.1) is 5.82 Å². The molecule has 1 aromatic carbocycles. The summed E-state index contributed by atoms with van der Waals surface area (Å²) in [7, 11) is 1.66. The minimum Gasteiger partial charge on any atom is -0.497 e. The summed E-state index contributed by atoms with van der Waals surface area (Å²) in [4.78, 5) is 6.39. The van der Waals surface area contributed by atoms with E-state index >= 15 is 0 Å². The van der Waals surface area contributed by atoms with E-state index in [2.05, 4.69) is 22.0 Å². The molecule has 0 bridgehead atoms. The van der Waals surface area contributed by atoms with Crippen LogP contribution in [0.2, 0.25) is 0 Å². The standard InChI is InChI=1S/C15H15FN2O/c1-19-14-4-2-11(3-5-14)8-18-9-12-6-13(16)7-17-15(12)10-18/h2-7H,8-10H2,1H3. The van der Waals surface area contributed by atoms with Gasteiger partial charge in [-0.15, -0.1) is 0 Å². The number of halogens is 1. The SMILES string of the molecule is COc1ccc(CN2Cc3cc(F)cnc3C2)cc1. The van der Waals surface area contributed by atoms with Crippen molar-refractivity contribution >= 4 is 0 Å². The predicted molar refractivity (Wildman–Crippen MR) is 70.1 cm³/mol. The molecule has 1 aromatic heterocycles. The van der Waals surface area contributed by atoms with E-state index in [4.69, 9.17) is 4.74 Å². The smallest absolute Gasteiger partial charge is 0.141 e. The van der Waals surface area contributed by atoms with E-state index in [-0.39, 0.29) is 5.82 Å². The lowest BCUT2D eigenvalue weighted by molar-refractivity contribution is 0.274. The molecule has 0 fully saturated rings. The zero-order chi connectivity index (χ0) is 13.2. The van der Waals surface area contributed by atoms with Crippen molar-refractivity contribution in [1.29, 1.82) is 0 Å². The maximum absolute atomic E-state index is 13.1. The molecule has 0 N–H and O–H groups in total. The van der Waals surface area contributed by atoms with E-state index < -0.39 is 0 Å². The Balaban J connectivity index is 1.69. The van der Waals surface area contributed by atoms with Crippen LogP contribution >= 0.6 is 0 Å². The van der Waals surface area contributed by atoms with Crippen LogP contribution in [0.15, 0.2) is 36.5 Å². The molecule has 0 spiro atoms. The lowest BCUT2D eigenvalue weighted by Gasteiger charge is -2.14. The van der Waals surface area contributed by atoms with Crippen LogP contribution in [-0.4, -0.2) is 17.0 Å². The highest BCUT2D eigenvalue weighted by Crippen LogP contribution is 2.23. The average Bonchev–Trinajstić information content (AvgIpc) is 2.81. The summed E-state index contributed by atoms with van der Waals surface area (Å²) in [5.41, 5.74) is 3.19. The molecule has 4 heteroatoms. The van der Waals surface area contributed by atoms with Crippen molar-refractivity contribution in [3.8, 4) is 5.75 Å². The molecule has 1 aliphatic rings. The van der Waals surface area contributed by atoms with Crippen LogP contribution in [-0.2, 0) is 19.6 Å².